The normalized spacial score (nSPS) is 19.8. The second-order valence-electron chi connectivity index (χ2n) is 4.91. The van der Waals surface area contributed by atoms with Crippen molar-refractivity contribution in [2.75, 3.05) is 33.5 Å². The summed E-state index contributed by atoms with van der Waals surface area (Å²) in [5, 5.41) is 9.27. The Hall–Kier alpha value is -1.15. The van der Waals surface area contributed by atoms with Gasteiger partial charge in [-0.1, -0.05) is 0 Å². The predicted molar refractivity (Wildman–Crippen MR) is 77.8 cm³/mol. The molecule has 6 nitrogen and oxygen atoms in total. The fourth-order valence-electron chi connectivity index (χ4n) is 2.39. The van der Waals surface area contributed by atoms with Gasteiger partial charge in [-0.25, -0.2) is 8.42 Å². The number of rotatable bonds is 7. The maximum Gasteiger partial charge on any atom is 0.243 e. The van der Waals surface area contributed by atoms with E-state index in [0.717, 1.165) is 6.42 Å². The number of ether oxygens (including phenoxy) is 2. The van der Waals surface area contributed by atoms with Crippen LogP contribution in [0.15, 0.2) is 29.2 Å². The molecule has 0 aliphatic carbocycles. The Morgan fingerprint density at radius 1 is 1.29 bits per heavy atom. The molecule has 1 fully saturated rings. The van der Waals surface area contributed by atoms with Crippen LogP contribution in [-0.2, 0) is 14.8 Å². The van der Waals surface area contributed by atoms with Crippen molar-refractivity contribution in [3.63, 3.8) is 0 Å². The van der Waals surface area contributed by atoms with Crippen LogP contribution in [0.2, 0.25) is 0 Å². The Morgan fingerprint density at radius 3 is 2.62 bits per heavy atom. The number of methoxy groups -OCH3 is 1. The van der Waals surface area contributed by atoms with Crippen LogP contribution in [-0.4, -0.2) is 57.3 Å². The zero-order valence-corrected chi connectivity index (χ0v) is 12.9. The molecule has 1 heterocycles. The molecule has 2 rings (SSSR count). The SMILES string of the molecule is COCCOc1ccc(S(=O)(=O)N2CCC[C@H]2CO)cc1. The fourth-order valence-corrected chi connectivity index (χ4v) is 4.08. The molecule has 0 spiro atoms. The molecule has 0 radical (unpaired) electrons. The van der Waals surface area contributed by atoms with E-state index in [-0.39, 0.29) is 17.5 Å². The molecule has 1 N–H and O–H groups in total. The van der Waals surface area contributed by atoms with Crippen molar-refractivity contribution in [1.29, 1.82) is 0 Å². The third kappa shape index (κ3) is 3.74. The van der Waals surface area contributed by atoms with Gasteiger partial charge in [-0.3, -0.25) is 0 Å². The van der Waals surface area contributed by atoms with E-state index in [1.165, 1.54) is 16.4 Å². The topological polar surface area (TPSA) is 76.1 Å². The van der Waals surface area contributed by atoms with E-state index in [1.807, 2.05) is 0 Å². The molecule has 21 heavy (non-hydrogen) atoms. The van der Waals surface area contributed by atoms with Crippen LogP contribution in [0.3, 0.4) is 0 Å². The molecule has 0 aromatic heterocycles. The third-order valence-corrected chi connectivity index (χ3v) is 5.49. The average molecular weight is 315 g/mol. The molecule has 118 valence electrons. The fraction of sp³-hybridized carbons (Fsp3) is 0.571. The second kappa shape index (κ2) is 7.22. The lowest BCUT2D eigenvalue weighted by atomic mass is 10.2. The summed E-state index contributed by atoms with van der Waals surface area (Å²) >= 11 is 0. The lowest BCUT2D eigenvalue weighted by Crippen LogP contribution is -2.37. The van der Waals surface area contributed by atoms with Gasteiger partial charge >= 0.3 is 0 Å². The Bertz CT molecular complexity index is 543. The minimum Gasteiger partial charge on any atom is -0.491 e. The number of nitrogens with zero attached hydrogens (tertiary/aromatic N) is 1. The number of hydrogen-bond donors (Lipinski definition) is 1. The van der Waals surface area contributed by atoms with Crippen LogP contribution in [0.4, 0.5) is 0 Å². The Morgan fingerprint density at radius 2 is 2.00 bits per heavy atom. The number of sulfonamides is 1. The van der Waals surface area contributed by atoms with Crippen molar-refractivity contribution in [2.24, 2.45) is 0 Å². The minimum absolute atomic E-state index is 0.141. The van der Waals surface area contributed by atoms with E-state index in [0.29, 0.717) is 31.9 Å². The van der Waals surface area contributed by atoms with Gasteiger partial charge in [0.25, 0.3) is 0 Å². The van der Waals surface area contributed by atoms with Gasteiger partial charge in [0.05, 0.1) is 18.1 Å². The molecule has 1 atom stereocenters. The first kappa shape index (κ1) is 16.2. The van der Waals surface area contributed by atoms with Crippen LogP contribution >= 0.6 is 0 Å². The van der Waals surface area contributed by atoms with Crippen molar-refractivity contribution in [2.45, 2.75) is 23.8 Å². The average Bonchev–Trinajstić information content (AvgIpc) is 2.97. The maximum absolute atomic E-state index is 12.5. The first-order valence-corrected chi connectivity index (χ1v) is 8.38. The number of aliphatic hydroxyl groups is 1. The molecule has 0 amide bonds. The van der Waals surface area contributed by atoms with Crippen molar-refractivity contribution in [3.8, 4) is 5.75 Å². The third-order valence-electron chi connectivity index (χ3n) is 3.52. The van der Waals surface area contributed by atoms with Crippen LogP contribution in [0, 0.1) is 0 Å². The monoisotopic (exact) mass is 315 g/mol. The second-order valence-corrected chi connectivity index (χ2v) is 6.80. The van der Waals surface area contributed by atoms with E-state index in [9.17, 15) is 13.5 Å². The van der Waals surface area contributed by atoms with Crippen LogP contribution in [0.5, 0.6) is 5.75 Å². The Balaban J connectivity index is 2.10. The smallest absolute Gasteiger partial charge is 0.243 e. The maximum atomic E-state index is 12.5. The highest BCUT2D eigenvalue weighted by atomic mass is 32.2. The van der Waals surface area contributed by atoms with Crippen molar-refractivity contribution < 1.29 is 23.0 Å². The molecule has 1 aromatic rings. The quantitative estimate of drug-likeness (QED) is 0.755. The number of hydrogen-bond acceptors (Lipinski definition) is 5. The summed E-state index contributed by atoms with van der Waals surface area (Å²) in [6.45, 7) is 1.21. The lowest BCUT2D eigenvalue weighted by Gasteiger charge is -2.22. The van der Waals surface area contributed by atoms with E-state index in [2.05, 4.69) is 0 Å². The summed E-state index contributed by atoms with van der Waals surface area (Å²) in [5.41, 5.74) is 0. The van der Waals surface area contributed by atoms with E-state index >= 15 is 0 Å². The standard InChI is InChI=1S/C14H21NO5S/c1-19-9-10-20-13-4-6-14(7-5-13)21(17,18)15-8-2-3-12(15)11-16/h4-7,12,16H,2-3,8-11H2,1H3/t12-/m0/s1. The van der Waals surface area contributed by atoms with Gasteiger partial charge in [0.2, 0.25) is 10.0 Å². The molecule has 1 aliphatic rings. The molecular weight excluding hydrogens is 294 g/mol. The summed E-state index contributed by atoms with van der Waals surface area (Å²) in [6.07, 6.45) is 1.48. The van der Waals surface area contributed by atoms with E-state index in [4.69, 9.17) is 9.47 Å². The van der Waals surface area contributed by atoms with Gasteiger partial charge in [-0.15, -0.1) is 0 Å². The molecule has 1 aliphatic heterocycles. The van der Waals surface area contributed by atoms with Gasteiger partial charge in [0.15, 0.2) is 0 Å². The largest absolute Gasteiger partial charge is 0.491 e. The predicted octanol–water partition coefficient (Wildman–Crippen LogP) is 0.857. The van der Waals surface area contributed by atoms with Gasteiger partial charge in [0, 0.05) is 19.7 Å². The summed E-state index contributed by atoms with van der Waals surface area (Å²) in [6, 6.07) is 6.01. The van der Waals surface area contributed by atoms with Gasteiger partial charge in [-0.05, 0) is 37.1 Å². The minimum atomic E-state index is -3.55. The number of aliphatic hydroxyl groups excluding tert-OH is 1. The van der Waals surface area contributed by atoms with Crippen molar-refractivity contribution in [3.05, 3.63) is 24.3 Å². The lowest BCUT2D eigenvalue weighted by molar-refractivity contribution is 0.146. The summed E-state index contributed by atoms with van der Waals surface area (Å²) in [5.74, 6) is 0.603. The zero-order valence-electron chi connectivity index (χ0n) is 12.1. The van der Waals surface area contributed by atoms with Crippen molar-refractivity contribution in [1.82, 2.24) is 4.31 Å². The Kier molecular flexibility index (Phi) is 5.58. The highest BCUT2D eigenvalue weighted by molar-refractivity contribution is 7.89. The van der Waals surface area contributed by atoms with E-state index < -0.39 is 10.0 Å². The molecule has 0 bridgehead atoms. The van der Waals surface area contributed by atoms with Gasteiger partial charge < -0.3 is 14.6 Å². The first-order chi connectivity index (χ1) is 10.1. The molecular formula is C14H21NO5S. The molecule has 1 aromatic carbocycles. The molecule has 0 saturated carbocycles. The first-order valence-electron chi connectivity index (χ1n) is 6.94. The summed E-state index contributed by atoms with van der Waals surface area (Å²) < 4.78 is 36.7. The number of benzene rings is 1. The zero-order chi connectivity index (χ0) is 15.3. The van der Waals surface area contributed by atoms with E-state index in [1.54, 1.807) is 19.2 Å². The highest BCUT2D eigenvalue weighted by Crippen LogP contribution is 2.26. The molecule has 1 saturated heterocycles. The van der Waals surface area contributed by atoms with Crippen LogP contribution in [0.25, 0.3) is 0 Å². The van der Waals surface area contributed by atoms with Crippen LogP contribution in [0.1, 0.15) is 12.8 Å². The van der Waals surface area contributed by atoms with Crippen LogP contribution < -0.4 is 4.74 Å². The molecule has 0 unspecified atom stereocenters. The summed E-state index contributed by atoms with van der Waals surface area (Å²) in [7, 11) is -1.96. The van der Waals surface area contributed by atoms with Crippen molar-refractivity contribution >= 4 is 10.0 Å². The summed E-state index contributed by atoms with van der Waals surface area (Å²) in [4.78, 5) is 0.224. The Labute approximate surface area is 125 Å². The molecule has 7 heteroatoms. The van der Waals surface area contributed by atoms with Gasteiger partial charge in [0.1, 0.15) is 12.4 Å². The van der Waals surface area contributed by atoms with Gasteiger partial charge in [-0.2, -0.15) is 4.31 Å². The highest BCUT2D eigenvalue weighted by Gasteiger charge is 2.34.